The molecule has 0 bridgehead atoms. The van der Waals surface area contributed by atoms with Crippen LogP contribution in [0.3, 0.4) is 0 Å². The Morgan fingerprint density at radius 2 is 1.93 bits per heavy atom. The average molecular weight is 207 g/mol. The Morgan fingerprint density at radius 1 is 1.33 bits per heavy atom. The van der Waals surface area contributed by atoms with Gasteiger partial charge >= 0.3 is 5.97 Å². The molecule has 0 heterocycles. The molecule has 0 spiro atoms. The van der Waals surface area contributed by atoms with Crippen LogP contribution in [-0.4, -0.2) is 22.9 Å². The highest BCUT2D eigenvalue weighted by atomic mass is 16.4. The first-order valence-electron chi connectivity index (χ1n) is 4.61. The fourth-order valence-corrected chi connectivity index (χ4v) is 1.13. The van der Waals surface area contributed by atoms with Crippen molar-refractivity contribution in [2.45, 2.75) is 19.9 Å². The molecule has 4 nitrogen and oxygen atoms in total. The van der Waals surface area contributed by atoms with Gasteiger partial charge in [0, 0.05) is 5.69 Å². The number of carboxylic acid groups (broad SMARTS) is 1. The minimum atomic E-state index is -1.01. The van der Waals surface area contributed by atoms with E-state index in [9.17, 15) is 9.59 Å². The van der Waals surface area contributed by atoms with Crippen molar-refractivity contribution in [1.29, 1.82) is 0 Å². The predicted molar refractivity (Wildman–Crippen MR) is 57.2 cm³/mol. The number of ketones is 1. The van der Waals surface area contributed by atoms with E-state index in [1.807, 2.05) is 0 Å². The van der Waals surface area contributed by atoms with Gasteiger partial charge in [-0.1, -0.05) is 12.1 Å². The third-order valence-corrected chi connectivity index (χ3v) is 2.14. The summed E-state index contributed by atoms with van der Waals surface area (Å²) in [4.78, 5) is 21.9. The molecule has 1 rings (SSSR count). The molecule has 0 aromatic heterocycles. The Balaban J connectivity index is 2.94. The summed E-state index contributed by atoms with van der Waals surface area (Å²) < 4.78 is 0. The van der Waals surface area contributed by atoms with Crippen molar-refractivity contribution in [2.24, 2.45) is 0 Å². The summed E-state index contributed by atoms with van der Waals surface area (Å²) in [5.41, 5.74) is 0.637. The van der Waals surface area contributed by atoms with Crippen molar-refractivity contribution >= 4 is 17.4 Å². The molecular weight excluding hydrogens is 194 g/mol. The fraction of sp³-hybridized carbons (Fsp3) is 0.273. The lowest BCUT2D eigenvalue weighted by Gasteiger charge is -2.13. The van der Waals surface area contributed by atoms with Gasteiger partial charge in [-0.3, -0.25) is 4.79 Å². The van der Waals surface area contributed by atoms with Gasteiger partial charge < -0.3 is 10.4 Å². The smallest absolute Gasteiger partial charge is 0.337 e. The minimum absolute atomic E-state index is 0.0322. The number of benzene rings is 1. The van der Waals surface area contributed by atoms with E-state index in [0.29, 0.717) is 5.69 Å². The zero-order valence-electron chi connectivity index (χ0n) is 8.65. The van der Waals surface area contributed by atoms with Crippen LogP contribution in [0.5, 0.6) is 0 Å². The average Bonchev–Trinajstić information content (AvgIpc) is 2.18. The number of nitrogens with one attached hydrogen (secondary N) is 1. The lowest BCUT2D eigenvalue weighted by Crippen LogP contribution is -2.24. The van der Waals surface area contributed by atoms with Gasteiger partial charge in [-0.15, -0.1) is 0 Å². The molecule has 1 atom stereocenters. The van der Waals surface area contributed by atoms with Crippen LogP contribution >= 0.6 is 0 Å². The van der Waals surface area contributed by atoms with Gasteiger partial charge in [0.05, 0.1) is 11.6 Å². The number of para-hydroxylation sites is 1. The topological polar surface area (TPSA) is 66.4 Å². The maximum Gasteiger partial charge on any atom is 0.337 e. The molecule has 0 fully saturated rings. The van der Waals surface area contributed by atoms with E-state index in [1.165, 1.54) is 13.0 Å². The number of carbonyl (C=O) groups is 2. The van der Waals surface area contributed by atoms with Gasteiger partial charge in [0.15, 0.2) is 5.78 Å². The second kappa shape index (κ2) is 4.59. The summed E-state index contributed by atoms with van der Waals surface area (Å²) in [5.74, 6) is -1.04. The Kier molecular flexibility index (Phi) is 3.44. The van der Waals surface area contributed by atoms with Crippen molar-refractivity contribution in [2.75, 3.05) is 5.32 Å². The first-order valence-corrected chi connectivity index (χ1v) is 4.61. The van der Waals surface area contributed by atoms with Crippen LogP contribution in [0.25, 0.3) is 0 Å². The highest BCUT2D eigenvalue weighted by molar-refractivity contribution is 5.95. The van der Waals surface area contributed by atoms with Crippen LogP contribution in [0.4, 0.5) is 5.69 Å². The zero-order valence-corrected chi connectivity index (χ0v) is 8.65. The maximum absolute atomic E-state index is 11.0. The summed E-state index contributed by atoms with van der Waals surface area (Å²) in [5, 5.41) is 11.8. The van der Waals surface area contributed by atoms with Gasteiger partial charge in [0.25, 0.3) is 0 Å². The van der Waals surface area contributed by atoms with E-state index in [1.54, 1.807) is 25.1 Å². The Morgan fingerprint density at radius 3 is 2.47 bits per heavy atom. The highest BCUT2D eigenvalue weighted by Gasteiger charge is 2.12. The molecule has 1 aromatic carbocycles. The van der Waals surface area contributed by atoms with Crippen LogP contribution in [0.2, 0.25) is 0 Å². The molecule has 1 unspecified atom stereocenters. The molecule has 0 aliphatic carbocycles. The van der Waals surface area contributed by atoms with Crippen molar-refractivity contribution in [3.8, 4) is 0 Å². The van der Waals surface area contributed by atoms with Crippen molar-refractivity contribution in [1.82, 2.24) is 0 Å². The molecule has 0 saturated heterocycles. The van der Waals surface area contributed by atoms with Gasteiger partial charge in [0.2, 0.25) is 0 Å². The molecule has 0 saturated carbocycles. The van der Waals surface area contributed by atoms with Crippen molar-refractivity contribution in [3.05, 3.63) is 29.8 Å². The van der Waals surface area contributed by atoms with Crippen LogP contribution in [-0.2, 0) is 4.79 Å². The highest BCUT2D eigenvalue weighted by Crippen LogP contribution is 2.15. The first-order chi connectivity index (χ1) is 7.02. The molecule has 0 radical (unpaired) electrons. The first kappa shape index (κ1) is 11.2. The predicted octanol–water partition coefficient (Wildman–Crippen LogP) is 1.77. The normalized spacial score (nSPS) is 11.9. The summed E-state index contributed by atoms with van der Waals surface area (Å²) in [6.07, 6.45) is 0. The number of hydrogen-bond donors (Lipinski definition) is 2. The summed E-state index contributed by atoms with van der Waals surface area (Å²) in [6, 6.07) is 6.13. The lowest BCUT2D eigenvalue weighted by molar-refractivity contribution is -0.117. The molecular formula is C11H13NO3. The van der Waals surface area contributed by atoms with E-state index in [4.69, 9.17) is 5.11 Å². The largest absolute Gasteiger partial charge is 0.478 e. The maximum atomic E-state index is 11.0. The SMILES string of the molecule is CC(=O)C(C)Nc1ccccc1C(=O)O. The van der Waals surface area contributed by atoms with Crippen LogP contribution in [0, 0.1) is 0 Å². The fourth-order valence-electron chi connectivity index (χ4n) is 1.13. The molecule has 80 valence electrons. The van der Waals surface area contributed by atoms with E-state index < -0.39 is 5.97 Å². The molecule has 0 amide bonds. The third-order valence-electron chi connectivity index (χ3n) is 2.14. The number of rotatable bonds is 4. The van der Waals surface area contributed by atoms with Crippen LogP contribution in [0.15, 0.2) is 24.3 Å². The van der Waals surface area contributed by atoms with Crippen molar-refractivity contribution in [3.63, 3.8) is 0 Å². The molecule has 15 heavy (non-hydrogen) atoms. The van der Waals surface area contributed by atoms with Crippen molar-refractivity contribution < 1.29 is 14.7 Å². The molecule has 4 heteroatoms. The number of anilines is 1. The second-order valence-electron chi connectivity index (χ2n) is 3.33. The standard InChI is InChI=1S/C11H13NO3/c1-7(8(2)13)12-10-6-4-3-5-9(10)11(14)15/h3-7,12H,1-2H3,(H,14,15). The molecule has 1 aromatic rings. The lowest BCUT2D eigenvalue weighted by atomic mass is 10.1. The van der Waals surface area contributed by atoms with E-state index in [0.717, 1.165) is 0 Å². The third kappa shape index (κ3) is 2.80. The summed E-state index contributed by atoms with van der Waals surface area (Å²) in [6.45, 7) is 3.15. The van der Waals surface area contributed by atoms with Crippen LogP contribution < -0.4 is 5.32 Å². The molecule has 0 aliphatic rings. The van der Waals surface area contributed by atoms with Gasteiger partial charge in [-0.25, -0.2) is 4.79 Å². The Hall–Kier alpha value is -1.84. The van der Waals surface area contributed by atoms with E-state index in [-0.39, 0.29) is 17.4 Å². The van der Waals surface area contributed by atoms with Gasteiger partial charge in [-0.05, 0) is 26.0 Å². The summed E-state index contributed by atoms with van der Waals surface area (Å²) in [7, 11) is 0. The van der Waals surface area contributed by atoms with Crippen LogP contribution in [0.1, 0.15) is 24.2 Å². The quantitative estimate of drug-likeness (QED) is 0.789. The summed E-state index contributed by atoms with van der Waals surface area (Å²) >= 11 is 0. The molecule has 0 aliphatic heterocycles. The number of carbonyl (C=O) groups excluding carboxylic acids is 1. The number of hydrogen-bond acceptors (Lipinski definition) is 3. The zero-order chi connectivity index (χ0) is 11.4. The minimum Gasteiger partial charge on any atom is -0.478 e. The Bertz CT molecular complexity index is 387. The number of aromatic carboxylic acids is 1. The Labute approximate surface area is 87.9 Å². The second-order valence-corrected chi connectivity index (χ2v) is 3.33. The monoisotopic (exact) mass is 207 g/mol. The van der Waals surface area contributed by atoms with E-state index >= 15 is 0 Å². The van der Waals surface area contributed by atoms with Gasteiger partial charge in [-0.2, -0.15) is 0 Å². The number of Topliss-reactive ketones (excluding diaryl/α,β-unsaturated/α-hetero) is 1. The van der Waals surface area contributed by atoms with E-state index in [2.05, 4.69) is 5.32 Å². The molecule has 2 N–H and O–H groups in total. The van der Waals surface area contributed by atoms with Gasteiger partial charge in [0.1, 0.15) is 0 Å². The number of carboxylic acids is 1.